The van der Waals surface area contributed by atoms with Gasteiger partial charge in [0.1, 0.15) is 24.7 Å². The molecule has 1 aliphatic carbocycles. The van der Waals surface area contributed by atoms with Gasteiger partial charge in [0, 0.05) is 0 Å². The van der Waals surface area contributed by atoms with Crippen LogP contribution >= 0.6 is 0 Å². The third-order valence-corrected chi connectivity index (χ3v) is 8.63. The van der Waals surface area contributed by atoms with Crippen LogP contribution in [0, 0.1) is 0 Å². The lowest BCUT2D eigenvalue weighted by Crippen LogP contribution is -2.30. The van der Waals surface area contributed by atoms with Gasteiger partial charge in [0.15, 0.2) is 0 Å². The Morgan fingerprint density at radius 2 is 0.778 bits per heavy atom. The van der Waals surface area contributed by atoms with E-state index in [1.807, 2.05) is 24.3 Å². The van der Waals surface area contributed by atoms with Crippen LogP contribution in [0.1, 0.15) is 22.3 Å². The van der Waals surface area contributed by atoms with Crippen LogP contribution in [0.3, 0.4) is 0 Å². The summed E-state index contributed by atoms with van der Waals surface area (Å²) in [5.74, 6) is 1.41. The molecule has 0 radical (unpaired) electrons. The van der Waals surface area contributed by atoms with Crippen LogP contribution in [0.25, 0.3) is 33.4 Å². The first-order chi connectivity index (χ1) is 22.3. The molecule has 0 amide bonds. The Morgan fingerprint density at radius 1 is 0.400 bits per heavy atom. The van der Waals surface area contributed by atoms with E-state index in [0.29, 0.717) is 11.5 Å². The van der Waals surface area contributed by atoms with Crippen molar-refractivity contribution in [2.24, 2.45) is 0 Å². The highest BCUT2D eigenvalue weighted by atomic mass is 16.5. The van der Waals surface area contributed by atoms with Crippen LogP contribution in [-0.4, -0.2) is 36.6 Å². The molecule has 0 spiro atoms. The fraction of sp³-hybridized carbons (Fsp3) is 0.122. The maximum Gasteiger partial charge on any atom is 0.120 e. The van der Waals surface area contributed by atoms with E-state index in [1.54, 1.807) is 0 Å². The molecule has 4 nitrogen and oxygen atoms in total. The Labute approximate surface area is 263 Å². The molecule has 6 aromatic rings. The molecule has 2 N–H and O–H groups in total. The zero-order valence-corrected chi connectivity index (χ0v) is 24.9. The van der Waals surface area contributed by atoms with Gasteiger partial charge in [0.05, 0.1) is 18.6 Å². The first-order valence-corrected chi connectivity index (χ1v) is 15.3. The second kappa shape index (κ2) is 12.4. The van der Waals surface area contributed by atoms with Gasteiger partial charge in [-0.1, -0.05) is 121 Å². The van der Waals surface area contributed by atoms with E-state index >= 15 is 0 Å². The highest BCUT2D eigenvalue weighted by molar-refractivity contribution is 5.91. The molecule has 0 saturated carbocycles. The van der Waals surface area contributed by atoms with Crippen molar-refractivity contribution in [3.63, 3.8) is 0 Å². The molecule has 0 heterocycles. The summed E-state index contributed by atoms with van der Waals surface area (Å²) in [6.45, 7) is 0.326. The third-order valence-electron chi connectivity index (χ3n) is 8.63. The number of benzene rings is 6. The summed E-state index contributed by atoms with van der Waals surface area (Å²) < 4.78 is 11.9. The second-order valence-electron chi connectivity index (χ2n) is 11.1. The number of rotatable bonds is 10. The molecule has 0 bridgehead atoms. The van der Waals surface area contributed by atoms with Crippen molar-refractivity contribution in [1.82, 2.24) is 0 Å². The minimum absolute atomic E-state index is 0.0573. The summed E-state index contributed by atoms with van der Waals surface area (Å²) in [6, 6.07) is 50.9. The van der Waals surface area contributed by atoms with Gasteiger partial charge in [-0.15, -0.1) is 0 Å². The molecule has 0 fully saturated rings. The molecule has 6 aromatic carbocycles. The van der Waals surface area contributed by atoms with Crippen molar-refractivity contribution in [2.45, 2.75) is 5.41 Å². The van der Waals surface area contributed by atoms with Crippen molar-refractivity contribution in [3.05, 3.63) is 168 Å². The maximum absolute atomic E-state index is 9.52. The summed E-state index contributed by atoms with van der Waals surface area (Å²) >= 11 is 0. The smallest absolute Gasteiger partial charge is 0.120 e. The quantitative estimate of drug-likeness (QED) is 0.169. The first kappa shape index (κ1) is 28.6. The van der Waals surface area contributed by atoms with E-state index in [4.69, 9.17) is 9.47 Å². The van der Waals surface area contributed by atoms with Crippen LogP contribution in [0.15, 0.2) is 146 Å². The van der Waals surface area contributed by atoms with Crippen LogP contribution in [0.5, 0.6) is 11.5 Å². The van der Waals surface area contributed by atoms with Crippen molar-refractivity contribution in [2.75, 3.05) is 26.4 Å². The highest BCUT2D eigenvalue weighted by Crippen LogP contribution is 2.59. The fourth-order valence-electron chi connectivity index (χ4n) is 6.88. The van der Waals surface area contributed by atoms with Gasteiger partial charge in [-0.2, -0.15) is 0 Å². The van der Waals surface area contributed by atoms with E-state index in [-0.39, 0.29) is 26.4 Å². The molecular formula is C41H34O4. The molecule has 0 atom stereocenters. The Bertz CT molecular complexity index is 1790. The molecule has 0 unspecified atom stereocenters. The normalized spacial score (nSPS) is 12.8. The molecule has 45 heavy (non-hydrogen) atoms. The fourth-order valence-corrected chi connectivity index (χ4v) is 6.88. The van der Waals surface area contributed by atoms with Crippen molar-refractivity contribution in [1.29, 1.82) is 0 Å². The largest absolute Gasteiger partial charge is 0.491 e. The average molecular weight is 591 g/mol. The number of hydrogen-bond acceptors (Lipinski definition) is 4. The number of aliphatic hydroxyl groups excluding tert-OH is 2. The average Bonchev–Trinajstić information content (AvgIpc) is 3.41. The van der Waals surface area contributed by atoms with E-state index in [0.717, 1.165) is 33.4 Å². The first-order valence-electron chi connectivity index (χ1n) is 15.3. The summed E-state index contributed by atoms with van der Waals surface area (Å²) in [5.41, 5.74) is 10.6. The van der Waals surface area contributed by atoms with Crippen LogP contribution in [-0.2, 0) is 5.41 Å². The summed E-state index contributed by atoms with van der Waals surface area (Å²) in [5, 5.41) is 19.0. The number of aliphatic hydroxyl groups is 2. The highest BCUT2D eigenvalue weighted by Gasteiger charge is 2.48. The van der Waals surface area contributed by atoms with Crippen molar-refractivity contribution in [3.8, 4) is 44.9 Å². The summed E-state index contributed by atoms with van der Waals surface area (Å²) in [4.78, 5) is 0. The SMILES string of the molecule is OCCOc1ccc(C2(c3ccc(OCCO)cc3-c3ccccc3)c3ccccc3-c3ccccc32)c(-c2ccccc2)c1. The van der Waals surface area contributed by atoms with Gasteiger partial charge in [-0.25, -0.2) is 0 Å². The van der Waals surface area contributed by atoms with Crippen molar-refractivity contribution >= 4 is 0 Å². The molecule has 7 rings (SSSR count). The number of ether oxygens (including phenoxy) is 2. The number of fused-ring (bicyclic) bond motifs is 3. The second-order valence-corrected chi connectivity index (χ2v) is 11.1. The van der Waals surface area contributed by atoms with Gasteiger partial charge in [-0.05, 0) is 79.9 Å². The van der Waals surface area contributed by atoms with E-state index in [2.05, 4.69) is 121 Å². The van der Waals surface area contributed by atoms with E-state index in [1.165, 1.54) is 22.3 Å². The molecular weight excluding hydrogens is 556 g/mol. The molecule has 0 saturated heterocycles. The minimum atomic E-state index is -0.700. The Kier molecular flexibility index (Phi) is 7.91. The molecule has 0 aromatic heterocycles. The number of hydrogen-bond donors (Lipinski definition) is 2. The van der Waals surface area contributed by atoms with Crippen molar-refractivity contribution < 1.29 is 19.7 Å². The Balaban J connectivity index is 1.62. The van der Waals surface area contributed by atoms with E-state index < -0.39 is 5.41 Å². The lowest BCUT2D eigenvalue weighted by molar-refractivity contribution is 0.201. The van der Waals surface area contributed by atoms with Gasteiger partial charge in [0.25, 0.3) is 0 Å². The van der Waals surface area contributed by atoms with Gasteiger partial charge in [-0.3, -0.25) is 0 Å². The summed E-state index contributed by atoms with van der Waals surface area (Å²) in [7, 11) is 0. The monoisotopic (exact) mass is 590 g/mol. The van der Waals surface area contributed by atoms with Gasteiger partial charge in [0.2, 0.25) is 0 Å². The minimum Gasteiger partial charge on any atom is -0.491 e. The zero-order valence-electron chi connectivity index (χ0n) is 24.9. The van der Waals surface area contributed by atoms with Crippen LogP contribution in [0.2, 0.25) is 0 Å². The molecule has 1 aliphatic rings. The zero-order chi connectivity index (χ0) is 30.6. The topological polar surface area (TPSA) is 58.9 Å². The predicted octanol–water partition coefficient (Wildman–Crippen LogP) is 8.13. The van der Waals surface area contributed by atoms with Crippen LogP contribution < -0.4 is 9.47 Å². The lowest BCUT2D eigenvalue weighted by atomic mass is 9.64. The Morgan fingerprint density at radius 3 is 1.20 bits per heavy atom. The third kappa shape index (κ3) is 4.98. The van der Waals surface area contributed by atoms with Crippen LogP contribution in [0.4, 0.5) is 0 Å². The molecule has 222 valence electrons. The predicted molar refractivity (Wildman–Crippen MR) is 180 cm³/mol. The maximum atomic E-state index is 9.52. The van der Waals surface area contributed by atoms with Gasteiger partial charge < -0.3 is 19.7 Å². The summed E-state index contributed by atoms with van der Waals surface area (Å²) in [6.07, 6.45) is 0. The molecule has 4 heteroatoms. The van der Waals surface area contributed by atoms with E-state index in [9.17, 15) is 10.2 Å². The molecule has 0 aliphatic heterocycles. The standard InChI is InChI=1S/C41H34O4/c42-23-25-44-31-19-21-39(35(27-31)29-11-3-1-4-12-29)41(37-17-9-7-15-33(37)34-16-8-10-18-38(34)41)40-22-20-32(45-26-24-43)28-36(40)30-13-5-2-6-14-30/h1-22,27-28,42-43H,23-26H2. The Hall–Kier alpha value is -5.16. The van der Waals surface area contributed by atoms with Gasteiger partial charge >= 0.3 is 0 Å². The lowest BCUT2D eigenvalue weighted by Gasteiger charge is -2.37.